The topological polar surface area (TPSA) is 41.1 Å². The zero-order valence-corrected chi connectivity index (χ0v) is 13.4. The highest BCUT2D eigenvalue weighted by atomic mass is 35.5. The summed E-state index contributed by atoms with van der Waals surface area (Å²) in [6, 6.07) is 0. The van der Waals surface area contributed by atoms with Crippen LogP contribution in [0.25, 0.3) is 0 Å². The minimum absolute atomic E-state index is 0. The molecule has 0 aromatic heterocycles. The number of amides is 1. The van der Waals surface area contributed by atoms with Gasteiger partial charge in [-0.1, -0.05) is 19.8 Å². The summed E-state index contributed by atoms with van der Waals surface area (Å²) in [6.45, 7) is 5.47. The van der Waals surface area contributed by atoms with Crippen LogP contribution in [0.5, 0.6) is 0 Å². The molecule has 0 aromatic rings. The minimum atomic E-state index is 0. The molecule has 3 fully saturated rings. The third kappa shape index (κ3) is 3.48. The number of hydrogen-bond acceptors (Lipinski definition) is 2. The SMILES string of the molecule is CC1CCCC(CNC(=O)C2CC23CCNCC3)C1.Cl. The van der Waals surface area contributed by atoms with Crippen molar-refractivity contribution < 1.29 is 4.79 Å². The summed E-state index contributed by atoms with van der Waals surface area (Å²) in [5.41, 5.74) is 0.384. The lowest BCUT2D eigenvalue weighted by Crippen LogP contribution is -2.36. The van der Waals surface area contributed by atoms with Crippen molar-refractivity contribution in [3.8, 4) is 0 Å². The number of halogens is 1. The van der Waals surface area contributed by atoms with E-state index < -0.39 is 0 Å². The van der Waals surface area contributed by atoms with Crippen molar-refractivity contribution in [1.82, 2.24) is 10.6 Å². The average molecular weight is 301 g/mol. The first-order chi connectivity index (χ1) is 9.20. The maximum absolute atomic E-state index is 12.3. The van der Waals surface area contributed by atoms with Crippen molar-refractivity contribution in [1.29, 1.82) is 0 Å². The normalized spacial score (nSPS) is 35.1. The number of rotatable bonds is 3. The molecule has 1 aliphatic heterocycles. The molecule has 1 amide bonds. The van der Waals surface area contributed by atoms with Crippen LogP contribution in [0.1, 0.15) is 51.9 Å². The number of hydrogen-bond donors (Lipinski definition) is 2. The van der Waals surface area contributed by atoms with Crippen molar-refractivity contribution >= 4 is 18.3 Å². The van der Waals surface area contributed by atoms with Gasteiger partial charge >= 0.3 is 0 Å². The van der Waals surface area contributed by atoms with Gasteiger partial charge in [0, 0.05) is 12.5 Å². The zero-order valence-electron chi connectivity index (χ0n) is 12.6. The van der Waals surface area contributed by atoms with E-state index >= 15 is 0 Å². The van der Waals surface area contributed by atoms with E-state index in [1.54, 1.807) is 0 Å². The van der Waals surface area contributed by atoms with Gasteiger partial charge < -0.3 is 10.6 Å². The van der Waals surface area contributed by atoms with E-state index in [0.717, 1.165) is 37.9 Å². The monoisotopic (exact) mass is 300 g/mol. The maximum atomic E-state index is 12.3. The Morgan fingerprint density at radius 2 is 2.05 bits per heavy atom. The first-order valence-corrected chi connectivity index (χ1v) is 8.18. The molecule has 20 heavy (non-hydrogen) atoms. The molecule has 0 radical (unpaired) electrons. The summed E-state index contributed by atoms with van der Waals surface area (Å²) in [5, 5.41) is 6.64. The number of carbonyl (C=O) groups excluding carboxylic acids is 1. The summed E-state index contributed by atoms with van der Waals surface area (Å²) in [4.78, 5) is 12.3. The zero-order chi connectivity index (χ0) is 13.3. The lowest BCUT2D eigenvalue weighted by atomic mass is 9.82. The molecule has 2 aliphatic carbocycles. The van der Waals surface area contributed by atoms with Crippen LogP contribution >= 0.6 is 12.4 Å². The van der Waals surface area contributed by atoms with E-state index in [-0.39, 0.29) is 12.4 Å². The Bertz CT molecular complexity index is 341. The van der Waals surface area contributed by atoms with E-state index in [2.05, 4.69) is 17.6 Å². The Kier molecular flexibility index (Phi) is 5.36. The maximum Gasteiger partial charge on any atom is 0.223 e. The Labute approximate surface area is 129 Å². The molecule has 1 heterocycles. The molecule has 1 spiro atoms. The van der Waals surface area contributed by atoms with E-state index in [0.29, 0.717) is 17.2 Å². The molecular weight excluding hydrogens is 272 g/mol. The molecular formula is C16H29ClN2O. The summed E-state index contributed by atoms with van der Waals surface area (Å²) in [5.74, 6) is 2.26. The van der Waals surface area contributed by atoms with Gasteiger partial charge in [0.1, 0.15) is 0 Å². The first-order valence-electron chi connectivity index (χ1n) is 8.18. The lowest BCUT2D eigenvalue weighted by molar-refractivity contribution is -0.123. The van der Waals surface area contributed by atoms with Crippen LogP contribution in [-0.2, 0) is 4.79 Å². The van der Waals surface area contributed by atoms with Crippen LogP contribution in [-0.4, -0.2) is 25.5 Å². The Balaban J connectivity index is 0.00000147. The second-order valence-corrected chi connectivity index (χ2v) is 7.25. The Morgan fingerprint density at radius 3 is 2.75 bits per heavy atom. The van der Waals surface area contributed by atoms with Crippen LogP contribution in [0.2, 0.25) is 0 Å². The first kappa shape index (κ1) is 16.1. The highest BCUT2D eigenvalue weighted by Crippen LogP contribution is 2.58. The van der Waals surface area contributed by atoms with Gasteiger partial charge in [0.05, 0.1) is 0 Å². The number of nitrogens with one attached hydrogen (secondary N) is 2. The van der Waals surface area contributed by atoms with Crippen molar-refractivity contribution in [2.75, 3.05) is 19.6 Å². The van der Waals surface area contributed by atoms with Crippen LogP contribution in [0, 0.1) is 23.2 Å². The molecule has 3 nitrogen and oxygen atoms in total. The van der Waals surface area contributed by atoms with Gasteiger partial charge in [-0.2, -0.15) is 0 Å². The van der Waals surface area contributed by atoms with Crippen LogP contribution in [0.3, 0.4) is 0 Å². The smallest absolute Gasteiger partial charge is 0.223 e. The van der Waals surface area contributed by atoms with Crippen molar-refractivity contribution in [3.63, 3.8) is 0 Å². The third-order valence-electron chi connectivity index (χ3n) is 5.72. The van der Waals surface area contributed by atoms with Gasteiger partial charge in [0.15, 0.2) is 0 Å². The van der Waals surface area contributed by atoms with E-state index in [9.17, 15) is 4.79 Å². The van der Waals surface area contributed by atoms with Gasteiger partial charge in [0.2, 0.25) is 5.91 Å². The van der Waals surface area contributed by atoms with Crippen LogP contribution in [0.15, 0.2) is 0 Å². The average Bonchev–Trinajstić information content (AvgIpc) is 3.10. The molecule has 3 rings (SSSR count). The highest BCUT2D eigenvalue weighted by Gasteiger charge is 2.57. The van der Waals surface area contributed by atoms with Gasteiger partial charge in [0.25, 0.3) is 0 Å². The van der Waals surface area contributed by atoms with Crippen molar-refractivity contribution in [2.45, 2.75) is 51.9 Å². The summed E-state index contributed by atoms with van der Waals surface area (Å²) in [7, 11) is 0. The fraction of sp³-hybridized carbons (Fsp3) is 0.938. The lowest BCUT2D eigenvalue weighted by Gasteiger charge is -2.27. The molecule has 2 N–H and O–H groups in total. The number of piperidine rings is 1. The second kappa shape index (κ2) is 6.65. The van der Waals surface area contributed by atoms with Crippen LogP contribution in [0.4, 0.5) is 0 Å². The fourth-order valence-corrected chi connectivity index (χ4v) is 4.31. The molecule has 2 saturated carbocycles. The van der Waals surface area contributed by atoms with Crippen molar-refractivity contribution in [2.24, 2.45) is 23.2 Å². The quantitative estimate of drug-likeness (QED) is 0.841. The van der Waals surface area contributed by atoms with Gasteiger partial charge in [-0.25, -0.2) is 0 Å². The van der Waals surface area contributed by atoms with E-state index in [4.69, 9.17) is 0 Å². The fourth-order valence-electron chi connectivity index (χ4n) is 4.31. The van der Waals surface area contributed by atoms with E-state index in [1.165, 1.54) is 38.5 Å². The molecule has 1 saturated heterocycles. The van der Waals surface area contributed by atoms with Crippen molar-refractivity contribution in [3.05, 3.63) is 0 Å². The minimum Gasteiger partial charge on any atom is -0.356 e. The second-order valence-electron chi connectivity index (χ2n) is 7.25. The summed E-state index contributed by atoms with van der Waals surface area (Å²) >= 11 is 0. The third-order valence-corrected chi connectivity index (χ3v) is 5.72. The molecule has 116 valence electrons. The van der Waals surface area contributed by atoms with Crippen LogP contribution < -0.4 is 10.6 Å². The van der Waals surface area contributed by atoms with Gasteiger partial charge in [-0.05, 0) is 62.4 Å². The van der Waals surface area contributed by atoms with Gasteiger partial charge in [-0.15, -0.1) is 12.4 Å². The molecule has 3 atom stereocenters. The summed E-state index contributed by atoms with van der Waals surface area (Å²) < 4.78 is 0. The predicted molar refractivity (Wildman–Crippen MR) is 84.0 cm³/mol. The summed E-state index contributed by atoms with van der Waals surface area (Å²) in [6.07, 6.45) is 8.88. The molecule has 4 heteroatoms. The molecule has 3 aliphatic rings. The number of carbonyl (C=O) groups is 1. The van der Waals surface area contributed by atoms with Gasteiger partial charge in [-0.3, -0.25) is 4.79 Å². The highest BCUT2D eigenvalue weighted by molar-refractivity contribution is 5.85. The Hall–Kier alpha value is -0.280. The standard InChI is InChI=1S/C16H28N2O.ClH/c1-12-3-2-4-13(9-12)11-18-15(19)14-10-16(14)5-7-17-8-6-16;/h12-14,17H,2-11H2,1H3,(H,18,19);1H. The largest absolute Gasteiger partial charge is 0.356 e. The van der Waals surface area contributed by atoms with E-state index in [1.807, 2.05) is 0 Å². The molecule has 3 unspecified atom stereocenters. The molecule has 0 aromatic carbocycles. The Morgan fingerprint density at radius 1 is 1.30 bits per heavy atom. The molecule has 0 bridgehead atoms. The predicted octanol–water partition coefficient (Wildman–Crippen LogP) is 2.74.